The van der Waals surface area contributed by atoms with Crippen molar-refractivity contribution < 1.29 is 14.4 Å². The van der Waals surface area contributed by atoms with E-state index in [-0.39, 0.29) is 6.61 Å². The van der Waals surface area contributed by atoms with Gasteiger partial charge in [-0.05, 0) is 49.0 Å². The minimum atomic E-state index is -1.03. The third-order valence-corrected chi connectivity index (χ3v) is 3.34. The van der Waals surface area contributed by atoms with Crippen molar-refractivity contribution in [2.45, 2.75) is 32.9 Å². The Morgan fingerprint density at radius 2 is 2.32 bits per heavy atom. The van der Waals surface area contributed by atoms with Crippen molar-refractivity contribution in [3.8, 4) is 11.8 Å². The minimum absolute atomic E-state index is 0.0967. The number of rotatable bonds is 3. The molecule has 6 heteroatoms. The zero-order valence-electron chi connectivity index (χ0n) is 11.4. The Morgan fingerprint density at radius 3 is 2.95 bits per heavy atom. The van der Waals surface area contributed by atoms with Gasteiger partial charge in [-0.2, -0.15) is 5.26 Å². The maximum atomic E-state index is 9.83. The van der Waals surface area contributed by atoms with Gasteiger partial charge in [-0.15, -0.1) is 0 Å². The number of ether oxygens (including phenoxy) is 1. The second-order valence-corrected chi connectivity index (χ2v) is 5.19. The lowest BCUT2D eigenvalue weighted by Gasteiger charge is -2.19. The molecule has 1 aromatic rings. The van der Waals surface area contributed by atoms with E-state index in [1.807, 2.05) is 26.0 Å². The fourth-order valence-corrected chi connectivity index (χ4v) is 2.14. The lowest BCUT2D eigenvalue weighted by molar-refractivity contribution is 0.263. The van der Waals surface area contributed by atoms with Crippen LogP contribution < -0.4 is 15.9 Å². The summed E-state index contributed by atoms with van der Waals surface area (Å²) in [4.78, 5) is 0. The minimum Gasteiger partial charge on any atom is -0.490 e. The normalized spacial score (nSPS) is 16.7. The Labute approximate surface area is 113 Å². The number of aryl methyl sites for hydroxylation is 1. The largest absolute Gasteiger partial charge is 0.492 e. The van der Waals surface area contributed by atoms with Crippen LogP contribution in [-0.4, -0.2) is 24.3 Å². The van der Waals surface area contributed by atoms with Gasteiger partial charge in [0.05, 0.1) is 12.7 Å². The highest BCUT2D eigenvalue weighted by molar-refractivity contribution is 6.62. The highest BCUT2D eigenvalue weighted by atomic mass is 16.5. The average molecular weight is 260 g/mol. The number of hydrogen-bond acceptors (Lipinski definition) is 5. The highest BCUT2D eigenvalue weighted by Crippen LogP contribution is 2.26. The van der Waals surface area contributed by atoms with Crippen LogP contribution in [-0.2, 0) is 11.3 Å². The first-order valence-electron chi connectivity index (χ1n) is 6.11. The molecule has 19 heavy (non-hydrogen) atoms. The van der Waals surface area contributed by atoms with Gasteiger partial charge >= 0.3 is 7.12 Å². The standard InChI is InChI=1S/C13H17BN2O3/c1-8-4-11(18-7-13(3,16)6-15)9(2)12-10(8)5-19-14(12)17/h4,17H,5,7,16H2,1-3H3/t13-/m1/s1. The SMILES string of the molecule is Cc1cc(OC[C@](C)(N)C#N)c(C)c2c1COB2O. The van der Waals surface area contributed by atoms with Crippen LogP contribution in [0.4, 0.5) is 0 Å². The van der Waals surface area contributed by atoms with E-state index in [1.54, 1.807) is 6.92 Å². The highest BCUT2D eigenvalue weighted by Gasteiger charge is 2.32. The second kappa shape index (κ2) is 4.85. The molecule has 1 aromatic carbocycles. The quantitative estimate of drug-likeness (QED) is 0.755. The number of benzene rings is 1. The molecule has 0 aromatic heterocycles. The molecule has 1 aliphatic rings. The Morgan fingerprint density at radius 1 is 1.63 bits per heavy atom. The lowest BCUT2D eigenvalue weighted by atomic mass is 9.75. The number of nitriles is 1. The van der Waals surface area contributed by atoms with Gasteiger partial charge in [0.1, 0.15) is 17.9 Å². The van der Waals surface area contributed by atoms with Gasteiger partial charge < -0.3 is 20.1 Å². The third kappa shape index (κ3) is 2.59. The first-order chi connectivity index (χ1) is 8.85. The van der Waals surface area contributed by atoms with Crippen LogP contribution in [0.5, 0.6) is 5.75 Å². The van der Waals surface area contributed by atoms with Gasteiger partial charge in [0.2, 0.25) is 0 Å². The van der Waals surface area contributed by atoms with Crippen molar-refractivity contribution in [3.63, 3.8) is 0 Å². The molecular weight excluding hydrogens is 243 g/mol. The monoisotopic (exact) mass is 260 g/mol. The topological polar surface area (TPSA) is 88.5 Å². The van der Waals surface area contributed by atoms with Crippen LogP contribution in [0.25, 0.3) is 0 Å². The van der Waals surface area contributed by atoms with Crippen molar-refractivity contribution in [3.05, 3.63) is 22.8 Å². The zero-order valence-corrected chi connectivity index (χ0v) is 11.4. The summed E-state index contributed by atoms with van der Waals surface area (Å²) in [5.41, 5.74) is 8.31. The Balaban J connectivity index is 2.31. The molecule has 3 N–H and O–H groups in total. The van der Waals surface area contributed by atoms with Crippen molar-refractivity contribution in [2.24, 2.45) is 5.73 Å². The molecule has 0 unspecified atom stereocenters. The number of fused-ring (bicyclic) bond motifs is 1. The van der Waals surface area contributed by atoms with Crippen LogP contribution in [0.2, 0.25) is 0 Å². The molecule has 1 aliphatic heterocycles. The molecule has 1 atom stereocenters. The fraction of sp³-hybridized carbons (Fsp3) is 0.462. The lowest BCUT2D eigenvalue weighted by Crippen LogP contribution is -2.41. The maximum absolute atomic E-state index is 9.83. The Bertz CT molecular complexity index is 552. The molecule has 0 radical (unpaired) electrons. The molecular formula is C13H17BN2O3. The van der Waals surface area contributed by atoms with E-state index in [4.69, 9.17) is 20.4 Å². The van der Waals surface area contributed by atoms with Crippen molar-refractivity contribution in [1.29, 1.82) is 5.26 Å². The molecule has 0 fully saturated rings. The average Bonchev–Trinajstić information content (AvgIpc) is 2.75. The van der Waals surface area contributed by atoms with E-state index in [0.29, 0.717) is 12.4 Å². The number of nitrogens with zero attached hydrogens (tertiary/aromatic N) is 1. The molecule has 2 rings (SSSR count). The first kappa shape index (κ1) is 13.9. The summed E-state index contributed by atoms with van der Waals surface area (Å²) < 4.78 is 10.9. The van der Waals surface area contributed by atoms with Crippen LogP contribution in [0.3, 0.4) is 0 Å². The van der Waals surface area contributed by atoms with Crippen molar-refractivity contribution in [1.82, 2.24) is 0 Å². The van der Waals surface area contributed by atoms with Crippen molar-refractivity contribution in [2.75, 3.05) is 6.61 Å². The van der Waals surface area contributed by atoms with Crippen molar-refractivity contribution >= 4 is 12.6 Å². The van der Waals surface area contributed by atoms with Gasteiger partial charge in [0, 0.05) is 0 Å². The van der Waals surface area contributed by atoms with E-state index in [0.717, 1.165) is 22.2 Å². The van der Waals surface area contributed by atoms with Crippen LogP contribution >= 0.6 is 0 Å². The summed E-state index contributed by atoms with van der Waals surface area (Å²) in [5.74, 6) is 0.632. The third-order valence-electron chi connectivity index (χ3n) is 3.34. The van der Waals surface area contributed by atoms with Gasteiger partial charge in [0.25, 0.3) is 0 Å². The zero-order chi connectivity index (χ0) is 14.2. The summed E-state index contributed by atoms with van der Waals surface area (Å²) in [6.45, 7) is 5.93. The van der Waals surface area contributed by atoms with E-state index in [1.165, 1.54) is 0 Å². The molecule has 0 aliphatic carbocycles. The number of hydrogen-bond donors (Lipinski definition) is 2. The molecule has 1 heterocycles. The van der Waals surface area contributed by atoms with E-state index < -0.39 is 12.7 Å². The molecule has 0 saturated heterocycles. The molecule has 100 valence electrons. The summed E-state index contributed by atoms with van der Waals surface area (Å²) >= 11 is 0. The predicted octanol–water partition coefficient (Wildman–Crippen LogP) is 0.141. The Kier molecular flexibility index (Phi) is 3.55. The predicted molar refractivity (Wildman–Crippen MR) is 72.0 cm³/mol. The van der Waals surface area contributed by atoms with Gasteiger partial charge in [-0.25, -0.2) is 0 Å². The van der Waals surface area contributed by atoms with E-state index in [2.05, 4.69) is 0 Å². The molecule has 0 spiro atoms. The summed E-state index contributed by atoms with van der Waals surface area (Å²) in [7, 11) is -0.905. The van der Waals surface area contributed by atoms with Gasteiger partial charge in [-0.1, -0.05) is 0 Å². The van der Waals surface area contributed by atoms with E-state index >= 15 is 0 Å². The summed E-state index contributed by atoms with van der Waals surface area (Å²) in [6.07, 6.45) is 0. The Hall–Kier alpha value is -1.55. The molecule has 0 saturated carbocycles. The van der Waals surface area contributed by atoms with Gasteiger partial charge in [-0.3, -0.25) is 0 Å². The van der Waals surface area contributed by atoms with Crippen LogP contribution in [0.15, 0.2) is 6.07 Å². The number of nitrogens with two attached hydrogens (primary N) is 1. The maximum Gasteiger partial charge on any atom is 0.492 e. The summed E-state index contributed by atoms with van der Waals surface area (Å²) in [5, 5.41) is 18.7. The van der Waals surface area contributed by atoms with Crippen LogP contribution in [0, 0.1) is 25.2 Å². The summed E-state index contributed by atoms with van der Waals surface area (Å²) in [6, 6.07) is 3.88. The smallest absolute Gasteiger partial charge is 0.490 e. The van der Waals surface area contributed by atoms with Crippen LogP contribution in [0.1, 0.15) is 23.6 Å². The first-order valence-corrected chi connectivity index (χ1v) is 6.11. The second-order valence-electron chi connectivity index (χ2n) is 5.19. The fourth-order valence-electron chi connectivity index (χ4n) is 2.14. The van der Waals surface area contributed by atoms with Gasteiger partial charge in [0.15, 0.2) is 0 Å². The van der Waals surface area contributed by atoms with E-state index in [9.17, 15) is 5.02 Å². The molecule has 0 bridgehead atoms. The molecule has 5 nitrogen and oxygen atoms in total. The molecule has 0 amide bonds.